The van der Waals surface area contributed by atoms with E-state index in [0.29, 0.717) is 12.3 Å². The summed E-state index contributed by atoms with van der Waals surface area (Å²) in [5, 5.41) is 4.74. The largest absolute Gasteiger partial charge is 0.469 e. The molecule has 20 heavy (non-hydrogen) atoms. The Morgan fingerprint density at radius 3 is 2.65 bits per heavy atom. The van der Waals surface area contributed by atoms with Gasteiger partial charge in [0.05, 0.1) is 25.6 Å². The van der Waals surface area contributed by atoms with Crippen LogP contribution in [0.3, 0.4) is 0 Å². The highest BCUT2D eigenvalue weighted by Crippen LogP contribution is 2.22. The quantitative estimate of drug-likeness (QED) is 0.753. The third-order valence-electron chi connectivity index (χ3n) is 2.86. The van der Waals surface area contributed by atoms with Gasteiger partial charge in [0.2, 0.25) is 5.91 Å². The molecule has 1 heterocycles. The smallest absolute Gasteiger partial charge is 0.307 e. The number of carbonyl (C=O) groups excluding carboxylic acids is 2. The molecule has 0 aliphatic rings. The lowest BCUT2D eigenvalue weighted by Crippen LogP contribution is -2.43. The summed E-state index contributed by atoms with van der Waals surface area (Å²) in [7, 11) is 1.33. The van der Waals surface area contributed by atoms with Gasteiger partial charge in [-0.15, -0.1) is 11.3 Å². The molecule has 1 aromatic heterocycles. The summed E-state index contributed by atoms with van der Waals surface area (Å²) >= 11 is 1.49. The van der Waals surface area contributed by atoms with E-state index in [4.69, 9.17) is 5.73 Å². The van der Waals surface area contributed by atoms with Crippen LogP contribution in [-0.2, 0) is 14.3 Å². The number of ether oxygens (including phenoxy) is 1. The Morgan fingerprint density at radius 1 is 1.45 bits per heavy atom. The van der Waals surface area contributed by atoms with E-state index >= 15 is 0 Å². The van der Waals surface area contributed by atoms with E-state index in [0.717, 1.165) is 4.88 Å². The summed E-state index contributed by atoms with van der Waals surface area (Å²) in [4.78, 5) is 24.4. The van der Waals surface area contributed by atoms with Crippen molar-refractivity contribution in [2.24, 2.45) is 11.7 Å². The van der Waals surface area contributed by atoms with Crippen molar-refractivity contribution >= 4 is 23.2 Å². The summed E-state index contributed by atoms with van der Waals surface area (Å²) in [5.74, 6) is -0.251. The third kappa shape index (κ3) is 5.30. The molecular weight excluding hydrogens is 276 g/mol. The molecule has 1 aromatic rings. The van der Waals surface area contributed by atoms with Gasteiger partial charge in [-0.2, -0.15) is 0 Å². The van der Waals surface area contributed by atoms with Crippen LogP contribution >= 0.6 is 11.3 Å². The summed E-state index contributed by atoms with van der Waals surface area (Å²) in [6, 6.07) is 2.82. The minimum Gasteiger partial charge on any atom is -0.469 e. The normalized spacial score (nSPS) is 13.8. The van der Waals surface area contributed by atoms with Crippen LogP contribution in [0.5, 0.6) is 0 Å². The maximum atomic E-state index is 12.1. The number of nitrogens with two attached hydrogens (primary N) is 1. The van der Waals surface area contributed by atoms with Crippen LogP contribution in [0.1, 0.15) is 37.6 Å². The van der Waals surface area contributed by atoms with Gasteiger partial charge in [-0.25, -0.2) is 0 Å². The average Bonchev–Trinajstić information content (AvgIpc) is 2.90. The monoisotopic (exact) mass is 298 g/mol. The van der Waals surface area contributed by atoms with E-state index in [9.17, 15) is 9.59 Å². The van der Waals surface area contributed by atoms with Gasteiger partial charge in [-0.1, -0.05) is 19.9 Å². The fourth-order valence-corrected chi connectivity index (χ4v) is 2.63. The van der Waals surface area contributed by atoms with Crippen LogP contribution < -0.4 is 11.1 Å². The molecule has 2 atom stereocenters. The van der Waals surface area contributed by atoms with Crippen LogP contribution in [0.15, 0.2) is 17.5 Å². The standard InChI is InChI=1S/C14H22N2O3S/c1-9(2)7-10(15)14(18)16-11(8-13(17)19-3)12-5-4-6-20-12/h4-6,9-11H,7-8,15H2,1-3H3,(H,16,18). The second kappa shape index (κ2) is 8.01. The summed E-state index contributed by atoms with van der Waals surface area (Å²) in [6.45, 7) is 4.02. The maximum absolute atomic E-state index is 12.1. The molecule has 1 rings (SSSR count). The molecule has 0 spiro atoms. The lowest BCUT2D eigenvalue weighted by molar-refractivity contribution is -0.141. The van der Waals surface area contributed by atoms with Crippen molar-refractivity contribution in [1.29, 1.82) is 0 Å². The molecule has 0 radical (unpaired) electrons. The lowest BCUT2D eigenvalue weighted by atomic mass is 10.0. The van der Waals surface area contributed by atoms with Gasteiger partial charge >= 0.3 is 5.97 Å². The van der Waals surface area contributed by atoms with Crippen LogP contribution in [0, 0.1) is 5.92 Å². The van der Waals surface area contributed by atoms with E-state index in [1.165, 1.54) is 18.4 Å². The van der Waals surface area contributed by atoms with E-state index < -0.39 is 6.04 Å². The Bertz CT molecular complexity index is 432. The predicted molar refractivity (Wildman–Crippen MR) is 79.3 cm³/mol. The number of methoxy groups -OCH3 is 1. The van der Waals surface area contributed by atoms with Crippen molar-refractivity contribution in [2.45, 2.75) is 38.8 Å². The predicted octanol–water partition coefficient (Wildman–Crippen LogP) is 1.84. The molecule has 3 N–H and O–H groups in total. The fourth-order valence-electron chi connectivity index (χ4n) is 1.86. The number of esters is 1. The Labute approximate surface area is 123 Å². The number of nitrogens with one attached hydrogen (secondary N) is 1. The number of amides is 1. The molecule has 0 fully saturated rings. The first kappa shape index (κ1) is 16.7. The highest BCUT2D eigenvalue weighted by atomic mass is 32.1. The zero-order valence-electron chi connectivity index (χ0n) is 12.1. The number of rotatable bonds is 7. The number of carbonyl (C=O) groups is 2. The molecule has 2 unspecified atom stereocenters. The van der Waals surface area contributed by atoms with E-state index in [-0.39, 0.29) is 24.3 Å². The van der Waals surface area contributed by atoms with Gasteiger partial charge in [0.15, 0.2) is 0 Å². The first-order valence-corrected chi connectivity index (χ1v) is 7.48. The third-order valence-corrected chi connectivity index (χ3v) is 3.85. The SMILES string of the molecule is COC(=O)CC(NC(=O)C(N)CC(C)C)c1cccs1. The van der Waals surface area contributed by atoms with Crippen molar-refractivity contribution < 1.29 is 14.3 Å². The van der Waals surface area contributed by atoms with Crippen molar-refractivity contribution in [3.63, 3.8) is 0 Å². The van der Waals surface area contributed by atoms with Gasteiger partial charge in [0.1, 0.15) is 0 Å². The van der Waals surface area contributed by atoms with Gasteiger partial charge in [0, 0.05) is 4.88 Å². The van der Waals surface area contributed by atoms with Crippen molar-refractivity contribution in [2.75, 3.05) is 7.11 Å². The van der Waals surface area contributed by atoms with Crippen LogP contribution in [0.4, 0.5) is 0 Å². The number of thiophene rings is 1. The molecule has 0 saturated heterocycles. The fraction of sp³-hybridized carbons (Fsp3) is 0.571. The second-order valence-corrected chi connectivity index (χ2v) is 6.07. The maximum Gasteiger partial charge on any atom is 0.307 e. The highest BCUT2D eigenvalue weighted by molar-refractivity contribution is 7.10. The average molecular weight is 298 g/mol. The summed E-state index contributed by atoms with van der Waals surface area (Å²) < 4.78 is 4.67. The minimum atomic E-state index is -0.560. The highest BCUT2D eigenvalue weighted by Gasteiger charge is 2.23. The first-order valence-electron chi connectivity index (χ1n) is 6.60. The molecule has 0 bridgehead atoms. The molecule has 1 amide bonds. The van der Waals surface area contributed by atoms with Gasteiger partial charge < -0.3 is 15.8 Å². The van der Waals surface area contributed by atoms with Crippen molar-refractivity contribution in [3.05, 3.63) is 22.4 Å². The van der Waals surface area contributed by atoms with E-state index in [1.54, 1.807) is 0 Å². The van der Waals surface area contributed by atoms with Crippen LogP contribution in [0.25, 0.3) is 0 Å². The van der Waals surface area contributed by atoms with Gasteiger partial charge in [-0.05, 0) is 23.8 Å². The first-order chi connectivity index (χ1) is 9.43. The van der Waals surface area contributed by atoms with Crippen molar-refractivity contribution in [3.8, 4) is 0 Å². The Kier molecular flexibility index (Phi) is 6.67. The number of hydrogen-bond acceptors (Lipinski definition) is 5. The molecule has 6 heteroatoms. The van der Waals surface area contributed by atoms with Crippen LogP contribution in [0.2, 0.25) is 0 Å². The molecule has 5 nitrogen and oxygen atoms in total. The molecule has 0 aromatic carbocycles. The van der Waals surface area contributed by atoms with E-state index in [2.05, 4.69) is 10.1 Å². The summed E-state index contributed by atoms with van der Waals surface area (Å²) in [6.07, 6.45) is 0.721. The van der Waals surface area contributed by atoms with Crippen molar-refractivity contribution in [1.82, 2.24) is 5.32 Å². The zero-order chi connectivity index (χ0) is 15.1. The summed E-state index contributed by atoms with van der Waals surface area (Å²) in [5.41, 5.74) is 5.86. The second-order valence-electron chi connectivity index (χ2n) is 5.09. The Hall–Kier alpha value is -1.40. The molecular formula is C14H22N2O3S. The van der Waals surface area contributed by atoms with E-state index in [1.807, 2.05) is 31.4 Å². The van der Waals surface area contributed by atoms with Gasteiger partial charge in [-0.3, -0.25) is 9.59 Å². The zero-order valence-corrected chi connectivity index (χ0v) is 12.9. The molecule has 0 aliphatic carbocycles. The Balaban J connectivity index is 2.70. The Morgan fingerprint density at radius 2 is 2.15 bits per heavy atom. The lowest BCUT2D eigenvalue weighted by Gasteiger charge is -2.20. The molecule has 0 aliphatic heterocycles. The topological polar surface area (TPSA) is 81.4 Å². The minimum absolute atomic E-state index is 0.108. The molecule has 112 valence electrons. The van der Waals surface area contributed by atoms with Gasteiger partial charge in [0.25, 0.3) is 0 Å². The van der Waals surface area contributed by atoms with Crippen LogP contribution in [-0.4, -0.2) is 25.0 Å². The molecule has 0 saturated carbocycles. The number of hydrogen-bond donors (Lipinski definition) is 2.